The highest BCUT2D eigenvalue weighted by atomic mass is 35.5. The van der Waals surface area contributed by atoms with Gasteiger partial charge < -0.3 is 9.47 Å². The molecule has 0 unspecified atom stereocenters. The summed E-state index contributed by atoms with van der Waals surface area (Å²) in [5, 5.41) is -0.699. The quantitative estimate of drug-likeness (QED) is 0.241. The molecule has 7 nitrogen and oxygen atoms in total. The number of anilines is 1. The van der Waals surface area contributed by atoms with E-state index < -0.39 is 44.2 Å². The Labute approximate surface area is 215 Å². The zero-order valence-corrected chi connectivity index (χ0v) is 21.2. The number of nitrogens with zero attached hydrogens (tertiary/aromatic N) is 2. The van der Waals surface area contributed by atoms with Crippen LogP contribution in [0.4, 0.5) is 18.9 Å². The third kappa shape index (κ3) is 5.75. The molecule has 2 aromatic carbocycles. The van der Waals surface area contributed by atoms with E-state index in [0.717, 1.165) is 24.4 Å². The topological polar surface area (TPSA) is 85.8 Å². The fourth-order valence-corrected chi connectivity index (χ4v) is 5.03. The molecule has 0 spiro atoms. The van der Waals surface area contributed by atoms with Gasteiger partial charge in [0.2, 0.25) is 5.78 Å². The number of ketones is 1. The summed E-state index contributed by atoms with van der Waals surface area (Å²) >= 11 is 11.7. The molecule has 0 saturated carbocycles. The molecule has 0 radical (unpaired) electrons. The summed E-state index contributed by atoms with van der Waals surface area (Å²) in [6, 6.07) is 9.56. The second kappa shape index (κ2) is 11.0. The summed E-state index contributed by atoms with van der Waals surface area (Å²) in [5.74, 6) is -0.463. The Morgan fingerprint density at radius 3 is 2.44 bits per heavy atom. The first-order chi connectivity index (χ1) is 16.9. The molecule has 192 valence electrons. The van der Waals surface area contributed by atoms with Crippen LogP contribution in [-0.4, -0.2) is 39.6 Å². The van der Waals surface area contributed by atoms with Crippen LogP contribution < -0.4 is 9.04 Å². The molecule has 13 heteroatoms. The molecule has 3 aromatic rings. The van der Waals surface area contributed by atoms with Gasteiger partial charge in [0, 0.05) is 13.3 Å². The molecule has 3 rings (SSSR count). The average molecular weight is 563 g/mol. The van der Waals surface area contributed by atoms with E-state index in [0.29, 0.717) is 10.4 Å². The molecular formula is C23H19Cl2F3N2O5S. The fourth-order valence-electron chi connectivity index (χ4n) is 3.25. The van der Waals surface area contributed by atoms with E-state index in [2.05, 4.69) is 4.98 Å². The van der Waals surface area contributed by atoms with Gasteiger partial charge in [-0.05, 0) is 43.3 Å². The Bertz CT molecular complexity index is 1380. The van der Waals surface area contributed by atoms with Gasteiger partial charge in [0.25, 0.3) is 10.0 Å². The van der Waals surface area contributed by atoms with Crippen molar-refractivity contribution in [3.63, 3.8) is 0 Å². The van der Waals surface area contributed by atoms with Crippen LogP contribution in [0.5, 0.6) is 5.75 Å². The molecule has 0 N–H and O–H groups in total. The number of carbonyl (C=O) groups excluding carboxylic acids is 1. The Balaban J connectivity index is 2.21. The molecule has 0 fully saturated rings. The largest absolute Gasteiger partial charge is 0.493 e. The maximum absolute atomic E-state index is 13.5. The summed E-state index contributed by atoms with van der Waals surface area (Å²) in [6.07, 6.45) is -3.76. The smallest absolute Gasteiger partial charge is 0.417 e. The number of alkyl halides is 3. The van der Waals surface area contributed by atoms with E-state index in [1.807, 2.05) is 0 Å². The van der Waals surface area contributed by atoms with E-state index in [4.69, 9.17) is 32.7 Å². The van der Waals surface area contributed by atoms with Gasteiger partial charge in [-0.3, -0.25) is 4.79 Å². The second-order valence-corrected chi connectivity index (χ2v) is 9.90. The monoisotopic (exact) mass is 562 g/mol. The summed E-state index contributed by atoms with van der Waals surface area (Å²) in [4.78, 5) is 16.8. The number of para-hydroxylation sites is 1. The highest BCUT2D eigenvalue weighted by molar-refractivity contribution is 7.92. The number of hydrogen-bond acceptors (Lipinski definition) is 6. The SMILES string of the molecule is CCOc1ccccc1C(=O)c1ncc(Cl)cc1N(COC)S(=O)(=O)c1ccc(Cl)c(C(F)(F)F)c1. The molecule has 1 heterocycles. The molecule has 1 aromatic heterocycles. The van der Waals surface area contributed by atoms with Crippen LogP contribution in [0.3, 0.4) is 0 Å². The number of rotatable bonds is 9. The molecule has 0 bridgehead atoms. The van der Waals surface area contributed by atoms with Crippen LogP contribution >= 0.6 is 23.2 Å². The highest BCUT2D eigenvalue weighted by Crippen LogP contribution is 2.38. The normalized spacial score (nSPS) is 11.9. The Morgan fingerprint density at radius 1 is 1.11 bits per heavy atom. The first-order valence-electron chi connectivity index (χ1n) is 10.2. The number of benzene rings is 2. The van der Waals surface area contributed by atoms with Crippen LogP contribution in [0.25, 0.3) is 0 Å². The Morgan fingerprint density at radius 2 is 1.81 bits per heavy atom. The van der Waals surface area contributed by atoms with Crippen LogP contribution in [0.15, 0.2) is 59.6 Å². The molecule has 0 amide bonds. The summed E-state index contributed by atoms with van der Waals surface area (Å²) < 4.78 is 78.4. The first-order valence-corrected chi connectivity index (χ1v) is 12.4. The van der Waals surface area contributed by atoms with Crippen LogP contribution in [0.2, 0.25) is 10.0 Å². The third-order valence-electron chi connectivity index (χ3n) is 4.83. The number of aromatic nitrogens is 1. The standard InChI is InChI=1S/C23H19Cl2F3N2O5S/c1-3-35-20-7-5-4-6-16(20)22(31)21-19(10-14(24)12-29-21)30(13-34-2)36(32,33)15-8-9-18(25)17(11-15)23(26,27)28/h4-12H,3,13H2,1-2H3. The molecule has 0 aliphatic heterocycles. The Kier molecular flexibility index (Phi) is 8.50. The molecule has 36 heavy (non-hydrogen) atoms. The Hall–Kier alpha value is -2.86. The van der Waals surface area contributed by atoms with E-state index >= 15 is 0 Å². The number of ether oxygens (including phenoxy) is 2. The lowest BCUT2D eigenvalue weighted by molar-refractivity contribution is -0.137. The van der Waals surface area contributed by atoms with Gasteiger partial charge in [-0.2, -0.15) is 13.2 Å². The molecule has 0 aliphatic carbocycles. The van der Waals surface area contributed by atoms with Gasteiger partial charge in [0.05, 0.1) is 38.4 Å². The van der Waals surface area contributed by atoms with Crippen molar-refractivity contribution >= 4 is 44.7 Å². The van der Waals surface area contributed by atoms with Crippen molar-refractivity contribution in [2.75, 3.05) is 24.8 Å². The number of hydrogen-bond donors (Lipinski definition) is 0. The van der Waals surface area contributed by atoms with Gasteiger partial charge in [0.15, 0.2) is 0 Å². The predicted octanol–water partition coefficient (Wildman–Crippen LogP) is 5.84. The van der Waals surface area contributed by atoms with Crippen LogP contribution in [0, 0.1) is 0 Å². The maximum Gasteiger partial charge on any atom is 0.417 e. The van der Waals surface area contributed by atoms with Crippen molar-refractivity contribution in [2.45, 2.75) is 18.0 Å². The van der Waals surface area contributed by atoms with Crippen molar-refractivity contribution in [3.05, 3.63) is 81.6 Å². The fraction of sp³-hybridized carbons (Fsp3) is 0.217. The van der Waals surface area contributed by atoms with Crippen LogP contribution in [0.1, 0.15) is 28.5 Å². The van der Waals surface area contributed by atoms with Crippen LogP contribution in [-0.2, 0) is 20.9 Å². The number of halogens is 5. The van der Waals surface area contributed by atoms with Crippen molar-refractivity contribution in [1.82, 2.24) is 4.98 Å². The van der Waals surface area contributed by atoms with Gasteiger partial charge in [-0.15, -0.1) is 0 Å². The van der Waals surface area contributed by atoms with E-state index in [9.17, 15) is 26.4 Å². The minimum absolute atomic E-state index is 0.0250. The predicted molar refractivity (Wildman–Crippen MR) is 128 cm³/mol. The molecule has 0 saturated heterocycles. The lowest BCUT2D eigenvalue weighted by atomic mass is 10.1. The number of carbonyl (C=O) groups is 1. The van der Waals surface area contributed by atoms with Crippen molar-refractivity contribution < 1.29 is 35.9 Å². The van der Waals surface area contributed by atoms with Gasteiger partial charge in [-0.25, -0.2) is 17.7 Å². The number of sulfonamides is 1. The summed E-state index contributed by atoms with van der Waals surface area (Å²) in [7, 11) is -3.55. The minimum atomic E-state index is -4.91. The van der Waals surface area contributed by atoms with E-state index in [1.54, 1.807) is 25.1 Å². The first kappa shape index (κ1) is 27.7. The number of methoxy groups -OCH3 is 1. The zero-order valence-electron chi connectivity index (χ0n) is 18.8. The van der Waals surface area contributed by atoms with E-state index in [1.165, 1.54) is 13.2 Å². The molecular weight excluding hydrogens is 544 g/mol. The van der Waals surface area contributed by atoms with Crippen molar-refractivity contribution in [2.24, 2.45) is 0 Å². The summed E-state index contributed by atoms with van der Waals surface area (Å²) in [5.41, 5.74) is -1.88. The van der Waals surface area contributed by atoms with E-state index in [-0.39, 0.29) is 34.3 Å². The van der Waals surface area contributed by atoms with Gasteiger partial charge in [-0.1, -0.05) is 35.3 Å². The van der Waals surface area contributed by atoms with Crippen molar-refractivity contribution in [1.29, 1.82) is 0 Å². The average Bonchev–Trinajstić information content (AvgIpc) is 2.82. The van der Waals surface area contributed by atoms with Crippen molar-refractivity contribution in [3.8, 4) is 5.75 Å². The lowest BCUT2D eigenvalue weighted by Gasteiger charge is -2.25. The molecule has 0 aliphatic rings. The highest BCUT2D eigenvalue weighted by Gasteiger charge is 2.36. The third-order valence-corrected chi connectivity index (χ3v) is 7.10. The van der Waals surface area contributed by atoms with Gasteiger partial charge in [0.1, 0.15) is 18.2 Å². The second-order valence-electron chi connectivity index (χ2n) is 7.19. The molecule has 0 atom stereocenters. The van der Waals surface area contributed by atoms with Gasteiger partial charge >= 0.3 is 6.18 Å². The lowest BCUT2D eigenvalue weighted by Crippen LogP contribution is -2.34. The maximum atomic E-state index is 13.5. The zero-order chi connectivity index (χ0) is 26.7. The number of pyridine rings is 1. The minimum Gasteiger partial charge on any atom is -0.493 e. The summed E-state index contributed by atoms with van der Waals surface area (Å²) in [6.45, 7) is 1.32.